The molecular weight excluding hydrogens is 403 g/mol. The fourth-order valence-electron chi connectivity index (χ4n) is 2.75. The summed E-state index contributed by atoms with van der Waals surface area (Å²) in [6, 6.07) is 10.8. The minimum Gasteiger partial charge on any atom is -0.454 e. The first-order chi connectivity index (χ1) is 14.4. The highest BCUT2D eigenvalue weighted by molar-refractivity contribution is 5.77. The van der Waals surface area contributed by atoms with E-state index in [9.17, 15) is 13.2 Å². The van der Waals surface area contributed by atoms with Crippen molar-refractivity contribution in [3.05, 3.63) is 54.4 Å². The van der Waals surface area contributed by atoms with E-state index in [1.165, 1.54) is 30.6 Å². The molecule has 3 aromatic rings. The van der Waals surface area contributed by atoms with Crippen LogP contribution in [0.1, 0.15) is 5.56 Å². The van der Waals surface area contributed by atoms with Gasteiger partial charge >= 0.3 is 6.36 Å². The zero-order chi connectivity index (χ0) is 21.1. The van der Waals surface area contributed by atoms with Crippen LogP contribution in [-0.2, 0) is 6.54 Å². The molecule has 4 rings (SSSR count). The highest BCUT2D eigenvalue weighted by atomic mass is 19.4. The Morgan fingerprint density at radius 1 is 1.00 bits per heavy atom. The van der Waals surface area contributed by atoms with E-state index in [0.717, 1.165) is 5.56 Å². The molecule has 0 atom stereocenters. The van der Waals surface area contributed by atoms with E-state index in [4.69, 9.17) is 15.2 Å². The van der Waals surface area contributed by atoms with Crippen LogP contribution in [-0.4, -0.2) is 23.1 Å². The first kappa shape index (κ1) is 19.4. The summed E-state index contributed by atoms with van der Waals surface area (Å²) in [4.78, 5) is 8.22. The van der Waals surface area contributed by atoms with Crippen molar-refractivity contribution in [1.82, 2.24) is 9.97 Å². The number of nitrogens with one attached hydrogen (secondary N) is 2. The number of hydrogen-bond acceptors (Lipinski definition) is 8. The SMILES string of the molecule is Nc1c(NCc2ccc3c(c2)OCO3)ncnc1Nc1ccc(OC(F)(F)F)cc1. The van der Waals surface area contributed by atoms with Gasteiger partial charge in [-0.3, -0.25) is 0 Å². The summed E-state index contributed by atoms with van der Waals surface area (Å²) in [6.07, 6.45) is -3.42. The normalized spacial score (nSPS) is 12.5. The number of benzene rings is 2. The van der Waals surface area contributed by atoms with Crippen molar-refractivity contribution in [3.63, 3.8) is 0 Å². The molecule has 1 aliphatic heterocycles. The zero-order valence-corrected chi connectivity index (χ0v) is 15.4. The van der Waals surface area contributed by atoms with E-state index in [1.54, 1.807) is 0 Å². The van der Waals surface area contributed by atoms with Crippen molar-refractivity contribution < 1.29 is 27.4 Å². The van der Waals surface area contributed by atoms with Crippen molar-refractivity contribution in [2.45, 2.75) is 12.9 Å². The molecule has 0 fully saturated rings. The Bertz CT molecular complexity index is 1040. The number of fused-ring (bicyclic) bond motifs is 1. The molecule has 8 nitrogen and oxygen atoms in total. The molecule has 0 bridgehead atoms. The minimum atomic E-state index is -4.75. The van der Waals surface area contributed by atoms with Crippen molar-refractivity contribution in [3.8, 4) is 17.2 Å². The van der Waals surface area contributed by atoms with Crippen LogP contribution in [0.15, 0.2) is 48.8 Å². The maximum atomic E-state index is 12.3. The van der Waals surface area contributed by atoms with Gasteiger partial charge in [0.25, 0.3) is 0 Å². The van der Waals surface area contributed by atoms with Crippen molar-refractivity contribution >= 4 is 23.0 Å². The lowest BCUT2D eigenvalue weighted by molar-refractivity contribution is -0.274. The quantitative estimate of drug-likeness (QED) is 0.550. The van der Waals surface area contributed by atoms with Gasteiger partial charge < -0.3 is 30.6 Å². The van der Waals surface area contributed by atoms with E-state index < -0.39 is 6.36 Å². The Morgan fingerprint density at radius 3 is 2.50 bits per heavy atom. The number of nitrogens with zero attached hydrogens (tertiary/aromatic N) is 2. The maximum absolute atomic E-state index is 12.3. The zero-order valence-electron chi connectivity index (χ0n) is 15.4. The molecule has 0 radical (unpaired) electrons. The van der Waals surface area contributed by atoms with Gasteiger partial charge in [0, 0.05) is 12.2 Å². The highest BCUT2D eigenvalue weighted by Gasteiger charge is 2.31. The molecule has 0 saturated heterocycles. The lowest BCUT2D eigenvalue weighted by Gasteiger charge is -2.13. The molecule has 0 amide bonds. The molecule has 0 saturated carbocycles. The molecule has 2 aromatic carbocycles. The van der Waals surface area contributed by atoms with Gasteiger partial charge in [0.2, 0.25) is 6.79 Å². The number of nitrogen functional groups attached to an aromatic ring is 1. The largest absolute Gasteiger partial charge is 0.573 e. The van der Waals surface area contributed by atoms with Crippen molar-refractivity contribution in [2.24, 2.45) is 0 Å². The average Bonchev–Trinajstić information content (AvgIpc) is 3.17. The third-order valence-corrected chi connectivity index (χ3v) is 4.13. The Hall–Kier alpha value is -3.89. The number of aromatic nitrogens is 2. The Morgan fingerprint density at radius 2 is 1.73 bits per heavy atom. The predicted molar refractivity (Wildman–Crippen MR) is 103 cm³/mol. The predicted octanol–water partition coefficient (Wildman–Crippen LogP) is 4.04. The summed E-state index contributed by atoms with van der Waals surface area (Å²) < 4.78 is 51.2. The number of alkyl halides is 3. The molecule has 0 aliphatic carbocycles. The molecule has 0 spiro atoms. The highest BCUT2D eigenvalue weighted by Crippen LogP contribution is 2.33. The van der Waals surface area contributed by atoms with Gasteiger partial charge in [-0.1, -0.05) is 6.07 Å². The number of nitrogens with two attached hydrogens (primary N) is 1. The molecule has 2 heterocycles. The molecule has 4 N–H and O–H groups in total. The summed E-state index contributed by atoms with van der Waals surface area (Å²) in [5.41, 5.74) is 7.81. The van der Waals surface area contributed by atoms with Crippen LogP contribution < -0.4 is 30.6 Å². The minimum absolute atomic E-state index is 0.198. The number of anilines is 4. The van der Waals surface area contributed by atoms with Crippen LogP contribution in [0.2, 0.25) is 0 Å². The summed E-state index contributed by atoms with van der Waals surface area (Å²) in [6.45, 7) is 0.629. The van der Waals surface area contributed by atoms with E-state index in [-0.39, 0.29) is 18.2 Å². The first-order valence-electron chi connectivity index (χ1n) is 8.73. The topological polar surface area (TPSA) is 104 Å². The molecule has 1 aromatic heterocycles. The summed E-state index contributed by atoms with van der Waals surface area (Å²) in [5.74, 6) is 1.75. The van der Waals surface area contributed by atoms with Gasteiger partial charge in [0.15, 0.2) is 23.1 Å². The van der Waals surface area contributed by atoms with E-state index >= 15 is 0 Å². The van der Waals surface area contributed by atoms with Crippen LogP contribution in [0.25, 0.3) is 0 Å². The third kappa shape index (κ3) is 4.57. The number of ether oxygens (including phenoxy) is 3. The maximum Gasteiger partial charge on any atom is 0.573 e. The van der Waals surface area contributed by atoms with E-state index in [1.807, 2.05) is 18.2 Å². The fraction of sp³-hybridized carbons (Fsp3) is 0.158. The summed E-state index contributed by atoms with van der Waals surface area (Å²) >= 11 is 0. The molecular formula is C19H16F3N5O3. The Kier molecular flexibility index (Phi) is 5.09. The lowest BCUT2D eigenvalue weighted by Crippen LogP contribution is -2.17. The van der Waals surface area contributed by atoms with Crippen LogP contribution in [0.4, 0.5) is 36.2 Å². The smallest absolute Gasteiger partial charge is 0.454 e. The second-order valence-electron chi connectivity index (χ2n) is 6.22. The molecule has 156 valence electrons. The molecule has 11 heteroatoms. The number of halogens is 3. The second kappa shape index (κ2) is 7.85. The molecule has 30 heavy (non-hydrogen) atoms. The van der Waals surface area contributed by atoms with Crippen molar-refractivity contribution in [1.29, 1.82) is 0 Å². The van der Waals surface area contributed by atoms with Gasteiger partial charge in [0.1, 0.15) is 17.8 Å². The van der Waals surface area contributed by atoms with Crippen LogP contribution in [0.5, 0.6) is 17.2 Å². The van der Waals surface area contributed by atoms with Crippen LogP contribution >= 0.6 is 0 Å². The first-order valence-corrected chi connectivity index (χ1v) is 8.73. The Labute approximate surface area is 168 Å². The van der Waals surface area contributed by atoms with E-state index in [0.29, 0.717) is 35.4 Å². The van der Waals surface area contributed by atoms with Gasteiger partial charge in [-0.25, -0.2) is 9.97 Å². The third-order valence-electron chi connectivity index (χ3n) is 4.13. The van der Waals surface area contributed by atoms with Gasteiger partial charge in [-0.15, -0.1) is 13.2 Å². The Balaban J connectivity index is 1.42. The van der Waals surface area contributed by atoms with Gasteiger partial charge in [-0.05, 0) is 42.0 Å². The second-order valence-corrected chi connectivity index (χ2v) is 6.22. The number of rotatable bonds is 6. The molecule has 1 aliphatic rings. The summed E-state index contributed by atoms with van der Waals surface area (Å²) in [5, 5.41) is 6.07. The molecule has 0 unspecified atom stereocenters. The van der Waals surface area contributed by atoms with Crippen molar-refractivity contribution in [2.75, 3.05) is 23.2 Å². The summed E-state index contributed by atoms with van der Waals surface area (Å²) in [7, 11) is 0. The van der Waals surface area contributed by atoms with Gasteiger partial charge in [-0.2, -0.15) is 0 Å². The van der Waals surface area contributed by atoms with Crippen LogP contribution in [0.3, 0.4) is 0 Å². The standard InChI is InChI=1S/C19H16F3N5O3/c20-19(21,22)30-13-4-2-12(3-5-13)27-18-16(23)17(25-9-26-18)24-8-11-1-6-14-15(7-11)29-10-28-14/h1-7,9H,8,10,23H2,(H2,24,25,26,27). The lowest BCUT2D eigenvalue weighted by atomic mass is 10.2. The fourth-order valence-corrected chi connectivity index (χ4v) is 2.75. The van der Waals surface area contributed by atoms with Crippen LogP contribution in [0, 0.1) is 0 Å². The average molecular weight is 419 g/mol. The van der Waals surface area contributed by atoms with Gasteiger partial charge in [0.05, 0.1) is 0 Å². The monoisotopic (exact) mass is 419 g/mol. The van der Waals surface area contributed by atoms with E-state index in [2.05, 4.69) is 25.3 Å². The number of hydrogen-bond donors (Lipinski definition) is 3.